The highest BCUT2D eigenvalue weighted by Crippen LogP contribution is 2.18. The van der Waals surface area contributed by atoms with Gasteiger partial charge in [-0.15, -0.1) is 0 Å². The van der Waals surface area contributed by atoms with Gasteiger partial charge in [0.25, 0.3) is 0 Å². The highest BCUT2D eigenvalue weighted by Gasteiger charge is 2.36. The van der Waals surface area contributed by atoms with Crippen LogP contribution in [-0.4, -0.2) is 77.8 Å². The van der Waals surface area contributed by atoms with Gasteiger partial charge in [-0.1, -0.05) is 37.3 Å². The normalized spacial score (nSPS) is 16.6. The zero-order chi connectivity index (χ0) is 26.7. The zero-order valence-electron chi connectivity index (χ0n) is 22.0. The predicted molar refractivity (Wildman–Crippen MR) is 133 cm³/mol. The van der Waals surface area contributed by atoms with Crippen LogP contribution in [0.15, 0.2) is 30.3 Å². The molecule has 1 aliphatic rings. The molecule has 1 aliphatic heterocycles. The SMILES string of the molecule is CCOC(=O)N1CCN(C(=O)[C@H](CCC(=O)OC(C)(C)C)NC(=O)OCc2ccccc2)C(CC)C1. The molecule has 0 aliphatic carbocycles. The summed E-state index contributed by atoms with van der Waals surface area (Å²) >= 11 is 0. The smallest absolute Gasteiger partial charge is 0.409 e. The first-order valence-electron chi connectivity index (χ1n) is 12.4. The number of carbonyl (C=O) groups is 4. The second kappa shape index (κ2) is 13.7. The van der Waals surface area contributed by atoms with E-state index >= 15 is 0 Å². The molecule has 1 unspecified atom stereocenters. The molecule has 0 saturated carbocycles. The van der Waals surface area contributed by atoms with Gasteiger partial charge in [0.2, 0.25) is 5.91 Å². The first kappa shape index (κ1) is 28.9. The van der Waals surface area contributed by atoms with E-state index in [1.165, 1.54) is 0 Å². The third-order valence-corrected chi connectivity index (χ3v) is 5.62. The number of rotatable bonds is 9. The lowest BCUT2D eigenvalue weighted by atomic mass is 10.0. The van der Waals surface area contributed by atoms with Crippen LogP contribution in [0, 0.1) is 0 Å². The Labute approximate surface area is 213 Å². The van der Waals surface area contributed by atoms with Gasteiger partial charge in [-0.05, 0) is 46.1 Å². The Kier molecular flexibility index (Phi) is 11.0. The van der Waals surface area contributed by atoms with E-state index in [1.54, 1.807) is 37.5 Å². The van der Waals surface area contributed by atoms with Crippen LogP contribution in [-0.2, 0) is 30.4 Å². The Morgan fingerprint density at radius 1 is 1.06 bits per heavy atom. The van der Waals surface area contributed by atoms with Gasteiger partial charge in [0.15, 0.2) is 0 Å². The molecule has 0 radical (unpaired) electrons. The van der Waals surface area contributed by atoms with E-state index in [1.807, 2.05) is 37.3 Å². The Hall–Kier alpha value is -3.30. The molecular weight excluding hydrogens is 466 g/mol. The van der Waals surface area contributed by atoms with Gasteiger partial charge >= 0.3 is 18.2 Å². The molecule has 36 heavy (non-hydrogen) atoms. The maximum absolute atomic E-state index is 13.5. The van der Waals surface area contributed by atoms with Crippen molar-refractivity contribution < 1.29 is 33.4 Å². The first-order chi connectivity index (χ1) is 17.0. The number of nitrogens with one attached hydrogen (secondary N) is 1. The molecule has 1 fully saturated rings. The predicted octanol–water partition coefficient (Wildman–Crippen LogP) is 3.48. The minimum Gasteiger partial charge on any atom is -0.460 e. The van der Waals surface area contributed by atoms with E-state index in [2.05, 4.69) is 5.32 Å². The number of hydrogen-bond acceptors (Lipinski definition) is 7. The Morgan fingerprint density at radius 3 is 2.36 bits per heavy atom. The number of piperazine rings is 1. The van der Waals surface area contributed by atoms with Gasteiger partial charge in [0.05, 0.1) is 6.61 Å². The zero-order valence-corrected chi connectivity index (χ0v) is 22.0. The molecule has 1 heterocycles. The number of ether oxygens (including phenoxy) is 3. The minimum absolute atomic E-state index is 0.0494. The number of amides is 3. The molecule has 3 amide bonds. The number of alkyl carbamates (subject to hydrolysis) is 1. The fourth-order valence-corrected chi connectivity index (χ4v) is 3.89. The molecule has 200 valence electrons. The van der Waals surface area contributed by atoms with Gasteiger partial charge in [-0.25, -0.2) is 9.59 Å². The summed E-state index contributed by atoms with van der Waals surface area (Å²) in [4.78, 5) is 53.8. The average molecular weight is 506 g/mol. The molecule has 2 atom stereocenters. The van der Waals surface area contributed by atoms with E-state index in [-0.39, 0.29) is 38.0 Å². The first-order valence-corrected chi connectivity index (χ1v) is 12.4. The van der Waals surface area contributed by atoms with Crippen molar-refractivity contribution in [3.8, 4) is 0 Å². The van der Waals surface area contributed by atoms with Crippen LogP contribution in [0.25, 0.3) is 0 Å². The Balaban J connectivity index is 2.08. The second-order valence-electron chi connectivity index (χ2n) is 9.62. The summed E-state index contributed by atoms with van der Waals surface area (Å²) < 4.78 is 15.8. The second-order valence-corrected chi connectivity index (χ2v) is 9.62. The summed E-state index contributed by atoms with van der Waals surface area (Å²) in [5.74, 6) is -0.787. The third kappa shape index (κ3) is 9.39. The molecule has 10 nitrogen and oxygen atoms in total. The van der Waals surface area contributed by atoms with Gasteiger partial charge in [0, 0.05) is 32.1 Å². The lowest BCUT2D eigenvalue weighted by Crippen LogP contribution is -2.60. The van der Waals surface area contributed by atoms with Crippen molar-refractivity contribution in [1.82, 2.24) is 15.1 Å². The van der Waals surface area contributed by atoms with Crippen molar-refractivity contribution in [2.45, 2.75) is 78.2 Å². The van der Waals surface area contributed by atoms with Gasteiger partial charge in [-0.2, -0.15) is 0 Å². The fraction of sp³-hybridized carbons (Fsp3) is 0.615. The van der Waals surface area contributed by atoms with Crippen molar-refractivity contribution in [2.24, 2.45) is 0 Å². The molecule has 2 rings (SSSR count). The Bertz CT molecular complexity index is 885. The molecule has 1 N–H and O–H groups in total. The molecule has 1 saturated heterocycles. The van der Waals surface area contributed by atoms with Crippen LogP contribution >= 0.6 is 0 Å². The number of hydrogen-bond donors (Lipinski definition) is 1. The standard InChI is InChI=1S/C26H39N3O7/c1-6-20-17-28(25(33)34-7-2)15-16-29(20)23(31)21(13-14-22(30)36-26(3,4)5)27-24(32)35-18-19-11-9-8-10-12-19/h8-12,20-21H,6-7,13-18H2,1-5H3,(H,27,32)/t20?,21-/m0/s1. The number of esters is 1. The maximum atomic E-state index is 13.5. The topological polar surface area (TPSA) is 114 Å². The van der Waals surface area contributed by atoms with Crippen LogP contribution in [0.2, 0.25) is 0 Å². The van der Waals surface area contributed by atoms with Crippen LogP contribution < -0.4 is 5.32 Å². The van der Waals surface area contributed by atoms with Crippen LogP contribution in [0.4, 0.5) is 9.59 Å². The molecule has 1 aromatic carbocycles. The lowest BCUT2D eigenvalue weighted by molar-refractivity contribution is -0.155. The molecule has 10 heteroatoms. The van der Waals surface area contributed by atoms with Gasteiger partial charge in [0.1, 0.15) is 18.2 Å². The summed E-state index contributed by atoms with van der Waals surface area (Å²) in [5, 5.41) is 2.64. The van der Waals surface area contributed by atoms with E-state index in [0.717, 1.165) is 5.56 Å². The molecule has 1 aromatic rings. The van der Waals surface area contributed by atoms with Crippen molar-refractivity contribution in [2.75, 3.05) is 26.2 Å². The Morgan fingerprint density at radius 2 is 1.75 bits per heavy atom. The summed E-state index contributed by atoms with van der Waals surface area (Å²) in [7, 11) is 0. The monoisotopic (exact) mass is 505 g/mol. The maximum Gasteiger partial charge on any atom is 0.409 e. The van der Waals surface area contributed by atoms with Crippen LogP contribution in [0.5, 0.6) is 0 Å². The quantitative estimate of drug-likeness (QED) is 0.404. The van der Waals surface area contributed by atoms with E-state index in [0.29, 0.717) is 26.1 Å². The van der Waals surface area contributed by atoms with E-state index in [4.69, 9.17) is 14.2 Å². The van der Waals surface area contributed by atoms with Crippen LogP contribution in [0.3, 0.4) is 0 Å². The molecule has 0 aromatic heterocycles. The number of benzene rings is 1. The van der Waals surface area contributed by atoms with Crippen molar-refractivity contribution in [3.63, 3.8) is 0 Å². The average Bonchev–Trinajstić information content (AvgIpc) is 2.84. The molecular formula is C26H39N3O7. The summed E-state index contributed by atoms with van der Waals surface area (Å²) in [5.41, 5.74) is 0.153. The largest absolute Gasteiger partial charge is 0.460 e. The fourth-order valence-electron chi connectivity index (χ4n) is 3.89. The number of nitrogens with zero attached hydrogens (tertiary/aromatic N) is 2. The lowest BCUT2D eigenvalue weighted by Gasteiger charge is -2.42. The number of carbonyl (C=O) groups excluding carboxylic acids is 4. The van der Waals surface area contributed by atoms with Crippen molar-refractivity contribution >= 4 is 24.1 Å². The minimum atomic E-state index is -0.982. The van der Waals surface area contributed by atoms with E-state index in [9.17, 15) is 19.2 Å². The van der Waals surface area contributed by atoms with E-state index < -0.39 is 29.8 Å². The summed E-state index contributed by atoms with van der Waals surface area (Å²) in [6.07, 6.45) is -0.542. The van der Waals surface area contributed by atoms with Crippen molar-refractivity contribution in [3.05, 3.63) is 35.9 Å². The highest BCUT2D eigenvalue weighted by atomic mass is 16.6. The summed E-state index contributed by atoms with van der Waals surface area (Å²) in [6.45, 7) is 10.2. The highest BCUT2D eigenvalue weighted by molar-refractivity contribution is 5.87. The van der Waals surface area contributed by atoms with Crippen LogP contribution in [0.1, 0.15) is 59.4 Å². The van der Waals surface area contributed by atoms with Gasteiger partial charge in [-0.3, -0.25) is 9.59 Å². The third-order valence-electron chi connectivity index (χ3n) is 5.62. The van der Waals surface area contributed by atoms with Gasteiger partial charge < -0.3 is 29.3 Å². The molecule has 0 spiro atoms. The van der Waals surface area contributed by atoms with Crippen molar-refractivity contribution in [1.29, 1.82) is 0 Å². The molecule has 0 bridgehead atoms. The summed E-state index contributed by atoms with van der Waals surface area (Å²) in [6, 6.07) is 7.96.